The Labute approximate surface area is 149 Å². The highest BCUT2D eigenvalue weighted by atomic mass is 16.5. The first-order chi connectivity index (χ1) is 11.8. The zero-order valence-corrected chi connectivity index (χ0v) is 15.6. The van der Waals surface area contributed by atoms with E-state index in [1.54, 1.807) is 0 Å². The van der Waals surface area contributed by atoms with E-state index in [9.17, 15) is 9.59 Å². The van der Waals surface area contributed by atoms with Gasteiger partial charge in [-0.05, 0) is 39.8 Å². The largest absolute Gasteiger partial charge is 0.379 e. The summed E-state index contributed by atoms with van der Waals surface area (Å²) < 4.78 is 5.37. The van der Waals surface area contributed by atoms with Crippen LogP contribution in [0.15, 0.2) is 18.2 Å². The molecule has 1 aliphatic rings. The van der Waals surface area contributed by atoms with Gasteiger partial charge in [0.2, 0.25) is 5.91 Å². The van der Waals surface area contributed by atoms with Crippen LogP contribution in [0, 0.1) is 13.8 Å². The van der Waals surface area contributed by atoms with Crippen molar-refractivity contribution in [3.05, 3.63) is 34.9 Å². The quantitative estimate of drug-likeness (QED) is 0.813. The Morgan fingerprint density at radius 3 is 2.28 bits per heavy atom. The molecular formula is C19H29N3O3. The first-order valence-electron chi connectivity index (χ1n) is 8.74. The number of benzene rings is 1. The number of carbonyl (C=O) groups excluding carboxylic acids is 2. The molecule has 1 fully saturated rings. The molecule has 0 unspecified atom stereocenters. The zero-order valence-electron chi connectivity index (χ0n) is 15.6. The highest BCUT2D eigenvalue weighted by Gasteiger charge is 2.28. The molecule has 0 atom stereocenters. The number of morpholine rings is 1. The number of carbonyl (C=O) groups is 2. The van der Waals surface area contributed by atoms with Gasteiger partial charge < -0.3 is 15.4 Å². The Bertz CT molecular complexity index is 602. The van der Waals surface area contributed by atoms with E-state index in [2.05, 4.69) is 29.4 Å². The zero-order chi connectivity index (χ0) is 18.4. The van der Waals surface area contributed by atoms with Crippen molar-refractivity contribution in [2.75, 3.05) is 39.4 Å². The highest BCUT2D eigenvalue weighted by Crippen LogP contribution is 2.15. The maximum absolute atomic E-state index is 12.2. The third-order valence-electron chi connectivity index (χ3n) is 4.48. The van der Waals surface area contributed by atoms with Gasteiger partial charge in [-0.3, -0.25) is 14.5 Å². The van der Waals surface area contributed by atoms with Gasteiger partial charge in [-0.25, -0.2) is 0 Å². The Kier molecular flexibility index (Phi) is 6.56. The van der Waals surface area contributed by atoms with E-state index in [-0.39, 0.29) is 23.9 Å². The van der Waals surface area contributed by atoms with Crippen molar-refractivity contribution >= 4 is 11.8 Å². The number of nitrogens with one attached hydrogen (secondary N) is 2. The van der Waals surface area contributed by atoms with Crippen LogP contribution in [0.4, 0.5) is 0 Å². The van der Waals surface area contributed by atoms with Crippen LogP contribution in [-0.4, -0.2) is 61.6 Å². The van der Waals surface area contributed by atoms with Crippen LogP contribution in [0.5, 0.6) is 0 Å². The topological polar surface area (TPSA) is 70.7 Å². The molecule has 2 N–H and O–H groups in total. The summed E-state index contributed by atoms with van der Waals surface area (Å²) in [6.45, 7) is 11.8. The Morgan fingerprint density at radius 2 is 1.68 bits per heavy atom. The summed E-state index contributed by atoms with van der Waals surface area (Å²) in [7, 11) is 0. The second-order valence-electron chi connectivity index (χ2n) is 7.25. The monoisotopic (exact) mass is 347 g/mol. The van der Waals surface area contributed by atoms with Gasteiger partial charge in [0.25, 0.3) is 5.91 Å². The molecule has 2 rings (SSSR count). The van der Waals surface area contributed by atoms with Crippen molar-refractivity contribution in [3.8, 4) is 0 Å². The molecule has 1 heterocycles. The van der Waals surface area contributed by atoms with E-state index >= 15 is 0 Å². The number of amides is 2. The van der Waals surface area contributed by atoms with Crippen molar-refractivity contribution in [2.24, 2.45) is 0 Å². The summed E-state index contributed by atoms with van der Waals surface area (Å²) in [4.78, 5) is 26.6. The molecule has 0 saturated carbocycles. The van der Waals surface area contributed by atoms with Crippen LogP contribution in [0.2, 0.25) is 0 Å². The SMILES string of the molecule is Cc1cc(C)cc(C(=O)NCC(=O)NCC(C)(C)N2CCOCC2)c1. The van der Waals surface area contributed by atoms with Crippen molar-refractivity contribution in [1.29, 1.82) is 0 Å². The molecule has 1 aliphatic heterocycles. The minimum atomic E-state index is -0.227. The number of hydrogen-bond donors (Lipinski definition) is 2. The van der Waals surface area contributed by atoms with Crippen molar-refractivity contribution < 1.29 is 14.3 Å². The maximum Gasteiger partial charge on any atom is 0.251 e. The van der Waals surface area contributed by atoms with Gasteiger partial charge in [0.1, 0.15) is 0 Å². The summed E-state index contributed by atoms with van der Waals surface area (Å²) in [6.07, 6.45) is 0. The molecule has 25 heavy (non-hydrogen) atoms. The highest BCUT2D eigenvalue weighted by molar-refractivity contribution is 5.96. The first-order valence-corrected chi connectivity index (χ1v) is 8.74. The average molecular weight is 347 g/mol. The van der Waals surface area contributed by atoms with Crippen LogP contribution in [0.25, 0.3) is 0 Å². The van der Waals surface area contributed by atoms with E-state index < -0.39 is 0 Å². The number of aryl methyl sites for hydroxylation is 2. The normalized spacial score (nSPS) is 15.7. The lowest BCUT2D eigenvalue weighted by atomic mass is 10.0. The molecule has 0 radical (unpaired) electrons. The molecule has 6 nitrogen and oxygen atoms in total. The molecule has 0 bridgehead atoms. The summed E-state index contributed by atoms with van der Waals surface area (Å²) in [5, 5.41) is 5.60. The smallest absolute Gasteiger partial charge is 0.251 e. The van der Waals surface area contributed by atoms with Gasteiger partial charge in [0, 0.05) is 30.7 Å². The van der Waals surface area contributed by atoms with Gasteiger partial charge in [-0.1, -0.05) is 17.2 Å². The van der Waals surface area contributed by atoms with E-state index in [4.69, 9.17) is 4.74 Å². The molecule has 1 aromatic rings. The van der Waals surface area contributed by atoms with E-state index in [0.717, 1.165) is 37.4 Å². The lowest BCUT2D eigenvalue weighted by Crippen LogP contribution is -2.56. The summed E-state index contributed by atoms with van der Waals surface area (Å²) >= 11 is 0. The third kappa shape index (κ3) is 5.83. The van der Waals surface area contributed by atoms with E-state index in [1.165, 1.54) is 0 Å². The van der Waals surface area contributed by atoms with Crippen LogP contribution >= 0.6 is 0 Å². The lowest BCUT2D eigenvalue weighted by Gasteiger charge is -2.40. The predicted molar refractivity (Wildman–Crippen MR) is 97.7 cm³/mol. The number of hydrogen-bond acceptors (Lipinski definition) is 4. The van der Waals surface area contributed by atoms with Crippen LogP contribution in [0.1, 0.15) is 35.3 Å². The minimum Gasteiger partial charge on any atom is -0.379 e. The number of ether oxygens (including phenoxy) is 1. The molecular weight excluding hydrogens is 318 g/mol. The van der Waals surface area contributed by atoms with Crippen LogP contribution in [0.3, 0.4) is 0 Å². The molecule has 6 heteroatoms. The first kappa shape index (κ1) is 19.4. The second-order valence-corrected chi connectivity index (χ2v) is 7.25. The minimum absolute atomic E-state index is 0.0228. The average Bonchev–Trinajstić information content (AvgIpc) is 2.58. The molecule has 0 aliphatic carbocycles. The van der Waals surface area contributed by atoms with E-state index in [0.29, 0.717) is 12.1 Å². The van der Waals surface area contributed by atoms with Crippen LogP contribution < -0.4 is 10.6 Å². The van der Waals surface area contributed by atoms with E-state index in [1.807, 2.05) is 32.0 Å². The Hall–Kier alpha value is -1.92. The fourth-order valence-electron chi connectivity index (χ4n) is 3.03. The number of nitrogens with zero attached hydrogens (tertiary/aromatic N) is 1. The van der Waals surface area contributed by atoms with Gasteiger partial charge >= 0.3 is 0 Å². The molecule has 0 spiro atoms. The Morgan fingerprint density at radius 1 is 1.08 bits per heavy atom. The fraction of sp³-hybridized carbons (Fsp3) is 0.579. The van der Waals surface area contributed by atoms with Crippen LogP contribution in [-0.2, 0) is 9.53 Å². The van der Waals surface area contributed by atoms with Gasteiger partial charge in [-0.2, -0.15) is 0 Å². The molecule has 1 saturated heterocycles. The third-order valence-corrected chi connectivity index (χ3v) is 4.48. The number of rotatable bonds is 6. The van der Waals surface area contributed by atoms with Gasteiger partial charge in [0.05, 0.1) is 19.8 Å². The molecule has 138 valence electrons. The van der Waals surface area contributed by atoms with Crippen molar-refractivity contribution in [2.45, 2.75) is 33.2 Å². The second kappa shape index (κ2) is 8.45. The summed E-state index contributed by atoms with van der Waals surface area (Å²) in [6, 6.07) is 5.65. The predicted octanol–water partition coefficient (Wildman–Crippen LogP) is 1.26. The fourth-order valence-corrected chi connectivity index (χ4v) is 3.03. The van der Waals surface area contributed by atoms with Crippen molar-refractivity contribution in [3.63, 3.8) is 0 Å². The van der Waals surface area contributed by atoms with Gasteiger partial charge in [-0.15, -0.1) is 0 Å². The standard InChI is InChI=1S/C19H29N3O3/c1-14-9-15(2)11-16(10-14)18(24)20-12-17(23)21-13-19(3,4)22-5-7-25-8-6-22/h9-11H,5-8,12-13H2,1-4H3,(H,20,24)(H,21,23). The lowest BCUT2D eigenvalue weighted by molar-refractivity contribution is -0.120. The summed E-state index contributed by atoms with van der Waals surface area (Å²) in [5.74, 6) is -0.409. The van der Waals surface area contributed by atoms with Gasteiger partial charge in [0.15, 0.2) is 0 Å². The van der Waals surface area contributed by atoms with Crippen molar-refractivity contribution in [1.82, 2.24) is 15.5 Å². The molecule has 0 aromatic heterocycles. The molecule has 2 amide bonds. The molecule has 1 aromatic carbocycles. The Balaban J connectivity index is 1.79. The summed E-state index contributed by atoms with van der Waals surface area (Å²) in [5.41, 5.74) is 2.50. The maximum atomic E-state index is 12.2.